The number of hydrogen-bond donors (Lipinski definition) is 5. The van der Waals surface area contributed by atoms with Crippen molar-refractivity contribution in [2.24, 2.45) is 5.73 Å². The van der Waals surface area contributed by atoms with Crippen molar-refractivity contribution in [1.82, 2.24) is 15.6 Å². The molecule has 0 fully saturated rings. The Hall–Kier alpha value is -2.87. The molecular formula is C17H22N4O4. The van der Waals surface area contributed by atoms with Crippen LogP contribution in [0.15, 0.2) is 30.5 Å². The molecule has 0 saturated heterocycles. The highest BCUT2D eigenvalue weighted by Crippen LogP contribution is 2.18. The van der Waals surface area contributed by atoms with Crippen LogP contribution in [0.2, 0.25) is 0 Å². The van der Waals surface area contributed by atoms with Gasteiger partial charge in [-0.1, -0.05) is 18.2 Å². The van der Waals surface area contributed by atoms with Gasteiger partial charge < -0.3 is 26.5 Å². The van der Waals surface area contributed by atoms with Crippen LogP contribution < -0.4 is 16.4 Å². The van der Waals surface area contributed by atoms with E-state index < -0.39 is 35.9 Å². The van der Waals surface area contributed by atoms with Crippen LogP contribution in [0.3, 0.4) is 0 Å². The molecule has 8 nitrogen and oxygen atoms in total. The number of aromatic amines is 1. The van der Waals surface area contributed by atoms with Crippen LogP contribution in [0.5, 0.6) is 0 Å². The Morgan fingerprint density at radius 2 is 1.76 bits per heavy atom. The first kappa shape index (κ1) is 18.5. The fraction of sp³-hybridized carbons (Fsp3) is 0.353. The lowest BCUT2D eigenvalue weighted by molar-refractivity contribution is -0.141. The lowest BCUT2D eigenvalue weighted by Crippen LogP contribution is -2.53. The molecule has 2 aromatic rings. The Morgan fingerprint density at radius 3 is 2.44 bits per heavy atom. The summed E-state index contributed by atoms with van der Waals surface area (Å²) in [4.78, 5) is 37.9. The van der Waals surface area contributed by atoms with Crippen molar-refractivity contribution in [2.75, 3.05) is 0 Å². The lowest BCUT2D eigenvalue weighted by Gasteiger charge is -2.18. The Bertz CT molecular complexity index is 786. The van der Waals surface area contributed by atoms with E-state index in [0.717, 1.165) is 16.5 Å². The molecule has 3 atom stereocenters. The van der Waals surface area contributed by atoms with E-state index in [2.05, 4.69) is 15.6 Å². The number of H-pyrrole nitrogens is 1. The lowest BCUT2D eigenvalue weighted by atomic mass is 10.0. The normalized spacial score (nSPS) is 14.5. The maximum absolute atomic E-state index is 12.2. The Balaban J connectivity index is 1.93. The minimum absolute atomic E-state index is 0.315. The number of carboxylic acid groups (broad SMARTS) is 1. The van der Waals surface area contributed by atoms with Gasteiger partial charge in [0.25, 0.3) is 0 Å². The van der Waals surface area contributed by atoms with Crippen molar-refractivity contribution in [3.05, 3.63) is 36.0 Å². The van der Waals surface area contributed by atoms with E-state index in [-0.39, 0.29) is 0 Å². The highest BCUT2D eigenvalue weighted by molar-refractivity contribution is 5.92. The van der Waals surface area contributed by atoms with E-state index in [1.807, 2.05) is 30.5 Å². The third-order valence-corrected chi connectivity index (χ3v) is 3.93. The number of carboxylic acids is 1. The average molecular weight is 346 g/mol. The van der Waals surface area contributed by atoms with E-state index >= 15 is 0 Å². The zero-order valence-electron chi connectivity index (χ0n) is 14.1. The summed E-state index contributed by atoms with van der Waals surface area (Å²) >= 11 is 0. The Morgan fingerprint density at radius 1 is 1.12 bits per heavy atom. The maximum atomic E-state index is 12.2. The summed E-state index contributed by atoms with van der Waals surface area (Å²) in [6, 6.07) is 4.94. The summed E-state index contributed by atoms with van der Waals surface area (Å²) in [5, 5.41) is 14.6. The molecule has 0 radical (unpaired) electrons. The van der Waals surface area contributed by atoms with Crippen molar-refractivity contribution in [1.29, 1.82) is 0 Å². The molecular weight excluding hydrogens is 324 g/mol. The molecule has 2 amide bonds. The summed E-state index contributed by atoms with van der Waals surface area (Å²) in [5.74, 6) is -2.21. The molecule has 8 heteroatoms. The topological polar surface area (TPSA) is 137 Å². The van der Waals surface area contributed by atoms with Crippen LogP contribution in [0, 0.1) is 0 Å². The van der Waals surface area contributed by atoms with Gasteiger partial charge in [0.05, 0.1) is 6.04 Å². The van der Waals surface area contributed by atoms with Crippen molar-refractivity contribution in [2.45, 2.75) is 38.4 Å². The summed E-state index contributed by atoms with van der Waals surface area (Å²) in [7, 11) is 0. The number of rotatable bonds is 7. The third-order valence-electron chi connectivity index (χ3n) is 3.93. The van der Waals surface area contributed by atoms with E-state index in [4.69, 9.17) is 10.8 Å². The smallest absolute Gasteiger partial charge is 0.325 e. The molecule has 0 bridgehead atoms. The number of benzene rings is 1. The largest absolute Gasteiger partial charge is 0.480 e. The van der Waals surface area contributed by atoms with Crippen molar-refractivity contribution < 1.29 is 19.5 Å². The summed E-state index contributed by atoms with van der Waals surface area (Å²) in [5.41, 5.74) is 7.82. The molecule has 6 N–H and O–H groups in total. The summed E-state index contributed by atoms with van der Waals surface area (Å²) < 4.78 is 0. The molecule has 134 valence electrons. The van der Waals surface area contributed by atoms with E-state index in [1.165, 1.54) is 13.8 Å². The molecule has 0 unspecified atom stereocenters. The number of carbonyl (C=O) groups is 3. The second-order valence-electron chi connectivity index (χ2n) is 5.97. The SMILES string of the molecule is C[C@H](NC(=O)[C@H](C)NC(=O)[C@@H](N)Cc1c[nH]c2ccccc12)C(=O)O. The van der Waals surface area contributed by atoms with Gasteiger partial charge in [0.2, 0.25) is 11.8 Å². The molecule has 0 saturated carbocycles. The van der Waals surface area contributed by atoms with Gasteiger partial charge in [0.15, 0.2) is 0 Å². The number of carbonyl (C=O) groups excluding carboxylic acids is 2. The number of amides is 2. The van der Waals surface area contributed by atoms with Crippen molar-refractivity contribution in [3.63, 3.8) is 0 Å². The number of para-hydroxylation sites is 1. The number of hydrogen-bond acceptors (Lipinski definition) is 4. The number of nitrogens with two attached hydrogens (primary N) is 1. The highest BCUT2D eigenvalue weighted by Gasteiger charge is 2.23. The van der Waals surface area contributed by atoms with E-state index in [9.17, 15) is 14.4 Å². The number of aromatic nitrogens is 1. The predicted octanol–water partition coefficient (Wildman–Crippen LogP) is 0.132. The zero-order valence-corrected chi connectivity index (χ0v) is 14.1. The molecule has 2 rings (SSSR count). The molecule has 0 aliphatic heterocycles. The first-order valence-corrected chi connectivity index (χ1v) is 7.93. The minimum atomic E-state index is -1.15. The van der Waals surface area contributed by atoms with Crippen LogP contribution in [0.4, 0.5) is 0 Å². The van der Waals surface area contributed by atoms with Crippen LogP contribution in [-0.2, 0) is 20.8 Å². The monoisotopic (exact) mass is 346 g/mol. The molecule has 0 aliphatic rings. The summed E-state index contributed by atoms with van der Waals surface area (Å²) in [6.07, 6.45) is 2.12. The van der Waals surface area contributed by atoms with Gasteiger partial charge in [-0.3, -0.25) is 14.4 Å². The van der Waals surface area contributed by atoms with Gasteiger partial charge >= 0.3 is 5.97 Å². The van der Waals surface area contributed by atoms with Gasteiger partial charge in [-0.15, -0.1) is 0 Å². The zero-order chi connectivity index (χ0) is 18.6. The van der Waals surface area contributed by atoms with Crippen molar-refractivity contribution in [3.8, 4) is 0 Å². The number of nitrogens with one attached hydrogen (secondary N) is 3. The fourth-order valence-corrected chi connectivity index (χ4v) is 2.42. The van der Waals surface area contributed by atoms with Crippen LogP contribution >= 0.6 is 0 Å². The van der Waals surface area contributed by atoms with Crippen molar-refractivity contribution >= 4 is 28.7 Å². The number of aliphatic carboxylic acids is 1. The van der Waals surface area contributed by atoms with Gasteiger partial charge in [0, 0.05) is 17.1 Å². The summed E-state index contributed by atoms with van der Waals surface area (Å²) in [6.45, 7) is 2.82. The van der Waals surface area contributed by atoms with Gasteiger partial charge in [-0.25, -0.2) is 0 Å². The number of fused-ring (bicyclic) bond motifs is 1. The first-order chi connectivity index (χ1) is 11.8. The molecule has 25 heavy (non-hydrogen) atoms. The minimum Gasteiger partial charge on any atom is -0.480 e. The molecule has 0 aliphatic carbocycles. The van der Waals surface area contributed by atoms with Gasteiger partial charge in [-0.2, -0.15) is 0 Å². The predicted molar refractivity (Wildman–Crippen MR) is 92.8 cm³/mol. The van der Waals surface area contributed by atoms with Crippen LogP contribution in [0.25, 0.3) is 10.9 Å². The van der Waals surface area contributed by atoms with E-state index in [1.54, 1.807) is 0 Å². The van der Waals surface area contributed by atoms with E-state index in [0.29, 0.717) is 6.42 Å². The van der Waals surface area contributed by atoms with Gasteiger partial charge in [0.1, 0.15) is 12.1 Å². The second kappa shape index (κ2) is 7.80. The molecule has 1 aromatic heterocycles. The molecule has 1 aromatic carbocycles. The Labute approximate surface area is 144 Å². The Kier molecular flexibility index (Phi) is 5.76. The van der Waals surface area contributed by atoms with Crippen LogP contribution in [-0.4, -0.2) is 46.0 Å². The third kappa shape index (κ3) is 4.57. The van der Waals surface area contributed by atoms with Gasteiger partial charge in [-0.05, 0) is 31.9 Å². The quantitative estimate of drug-likeness (QED) is 0.485. The van der Waals surface area contributed by atoms with Crippen LogP contribution in [0.1, 0.15) is 19.4 Å². The fourth-order valence-electron chi connectivity index (χ4n) is 2.42. The maximum Gasteiger partial charge on any atom is 0.325 e. The standard InChI is InChI=1S/C17H22N4O4/c1-9(15(22)21-10(2)17(24)25)20-16(23)13(18)7-11-8-19-14-6-4-3-5-12(11)14/h3-6,8-10,13,19H,7,18H2,1-2H3,(H,20,23)(H,21,22)(H,24,25)/t9-,10-,13-/m0/s1. The highest BCUT2D eigenvalue weighted by atomic mass is 16.4. The molecule has 1 heterocycles. The first-order valence-electron chi connectivity index (χ1n) is 7.93. The second-order valence-corrected chi connectivity index (χ2v) is 5.97. The average Bonchev–Trinajstić information content (AvgIpc) is 2.97. The molecule has 0 spiro atoms.